The van der Waals surface area contributed by atoms with E-state index < -0.39 is 0 Å². The molecule has 0 bridgehead atoms. The van der Waals surface area contributed by atoms with Gasteiger partial charge in [0.05, 0.1) is 0 Å². The van der Waals surface area contributed by atoms with Gasteiger partial charge in [-0.3, -0.25) is 0 Å². The minimum absolute atomic E-state index is 0.474. The van der Waals surface area contributed by atoms with E-state index in [1.54, 1.807) is 0 Å². The van der Waals surface area contributed by atoms with Gasteiger partial charge < -0.3 is 0 Å². The Hall–Kier alpha value is -0.640. The summed E-state index contributed by atoms with van der Waals surface area (Å²) in [6, 6.07) is 7.63. The molecule has 0 amide bonds. The quantitative estimate of drug-likeness (QED) is 0.809. The van der Waals surface area contributed by atoms with Gasteiger partial charge in [0.1, 0.15) is 5.82 Å². The summed E-state index contributed by atoms with van der Waals surface area (Å²) in [6.45, 7) is 0. The SMILES string of the molecule is Clc1cccc(Cc2nsc(Cl)n2)c1. The summed E-state index contributed by atoms with van der Waals surface area (Å²) in [4.78, 5) is 4.07. The maximum absolute atomic E-state index is 5.85. The molecule has 1 heterocycles. The Labute approximate surface area is 95.7 Å². The molecule has 0 N–H and O–H groups in total. The minimum Gasteiger partial charge on any atom is -0.208 e. The molecule has 0 aliphatic rings. The molecular weight excluding hydrogens is 239 g/mol. The number of rotatable bonds is 2. The smallest absolute Gasteiger partial charge is 0.203 e. The van der Waals surface area contributed by atoms with Gasteiger partial charge in [-0.15, -0.1) is 0 Å². The molecular formula is C9H6Cl2N2S. The Morgan fingerprint density at radius 3 is 2.79 bits per heavy atom. The lowest BCUT2D eigenvalue weighted by Crippen LogP contribution is -1.89. The van der Waals surface area contributed by atoms with Crippen LogP contribution in [0.15, 0.2) is 24.3 Å². The van der Waals surface area contributed by atoms with E-state index >= 15 is 0 Å². The molecule has 0 fully saturated rings. The van der Waals surface area contributed by atoms with E-state index in [1.807, 2.05) is 24.3 Å². The van der Waals surface area contributed by atoms with Crippen molar-refractivity contribution in [2.24, 2.45) is 0 Å². The fourth-order valence-electron chi connectivity index (χ4n) is 1.13. The second-order valence-corrected chi connectivity index (χ2v) is 4.54. The van der Waals surface area contributed by atoms with Crippen LogP contribution in [0.25, 0.3) is 0 Å². The average molecular weight is 245 g/mol. The van der Waals surface area contributed by atoms with Crippen LogP contribution < -0.4 is 0 Å². The highest BCUT2D eigenvalue weighted by Gasteiger charge is 2.03. The van der Waals surface area contributed by atoms with E-state index in [4.69, 9.17) is 23.2 Å². The summed E-state index contributed by atoms with van der Waals surface area (Å²) < 4.78 is 4.57. The molecule has 2 aromatic rings. The highest BCUT2D eigenvalue weighted by Crippen LogP contribution is 2.16. The lowest BCUT2D eigenvalue weighted by Gasteiger charge is -1.97. The molecule has 0 saturated carbocycles. The number of aromatic nitrogens is 2. The van der Waals surface area contributed by atoms with Crippen molar-refractivity contribution in [2.45, 2.75) is 6.42 Å². The van der Waals surface area contributed by atoms with Crippen molar-refractivity contribution in [3.63, 3.8) is 0 Å². The summed E-state index contributed by atoms with van der Waals surface area (Å²) in [7, 11) is 0. The highest BCUT2D eigenvalue weighted by atomic mass is 35.5. The van der Waals surface area contributed by atoms with E-state index in [0.717, 1.165) is 16.4 Å². The van der Waals surface area contributed by atoms with Crippen LogP contribution in [0.2, 0.25) is 9.49 Å². The molecule has 0 radical (unpaired) electrons. The topological polar surface area (TPSA) is 25.8 Å². The summed E-state index contributed by atoms with van der Waals surface area (Å²) in [5, 5.41) is 0.726. The molecule has 1 aromatic carbocycles. The number of nitrogens with zero attached hydrogens (tertiary/aromatic N) is 2. The standard InChI is InChI=1S/C9H6Cl2N2S/c10-7-3-1-2-6(4-7)5-8-12-9(11)14-13-8/h1-4H,5H2. The second-order valence-electron chi connectivity index (χ2n) is 2.77. The van der Waals surface area contributed by atoms with E-state index in [0.29, 0.717) is 10.9 Å². The molecule has 0 aliphatic heterocycles. The molecule has 0 atom stereocenters. The van der Waals surface area contributed by atoms with E-state index in [9.17, 15) is 0 Å². The Bertz CT molecular complexity index is 442. The summed E-state index contributed by atoms with van der Waals surface area (Å²) in [5.41, 5.74) is 1.09. The lowest BCUT2D eigenvalue weighted by atomic mass is 10.1. The van der Waals surface area contributed by atoms with Crippen LogP contribution in [0.4, 0.5) is 0 Å². The molecule has 0 aliphatic carbocycles. The Morgan fingerprint density at radius 2 is 2.14 bits per heavy atom. The van der Waals surface area contributed by atoms with Crippen LogP contribution in [-0.2, 0) is 6.42 Å². The molecule has 0 spiro atoms. The van der Waals surface area contributed by atoms with Crippen molar-refractivity contribution in [3.8, 4) is 0 Å². The first kappa shape index (κ1) is 9.90. The molecule has 0 unspecified atom stereocenters. The van der Waals surface area contributed by atoms with Crippen LogP contribution in [0, 0.1) is 0 Å². The Morgan fingerprint density at radius 1 is 1.29 bits per heavy atom. The molecule has 14 heavy (non-hydrogen) atoms. The third-order valence-electron chi connectivity index (χ3n) is 1.69. The highest BCUT2D eigenvalue weighted by molar-refractivity contribution is 7.10. The number of hydrogen-bond donors (Lipinski definition) is 0. The average Bonchev–Trinajstić information content (AvgIpc) is 2.51. The fourth-order valence-corrected chi connectivity index (χ4v) is 1.98. The van der Waals surface area contributed by atoms with Crippen molar-refractivity contribution in [2.75, 3.05) is 0 Å². The second kappa shape index (κ2) is 4.26. The Balaban J connectivity index is 2.18. The predicted octanol–water partition coefficient (Wildman–Crippen LogP) is 3.44. The maximum atomic E-state index is 5.85. The minimum atomic E-state index is 0.474. The zero-order valence-corrected chi connectivity index (χ0v) is 9.40. The third-order valence-corrected chi connectivity index (χ3v) is 2.77. The van der Waals surface area contributed by atoms with Gasteiger partial charge in [0.2, 0.25) is 4.47 Å². The van der Waals surface area contributed by atoms with E-state index in [1.165, 1.54) is 11.5 Å². The van der Waals surface area contributed by atoms with Gasteiger partial charge in [0, 0.05) is 11.4 Å². The van der Waals surface area contributed by atoms with Gasteiger partial charge in [0.25, 0.3) is 0 Å². The zero-order valence-electron chi connectivity index (χ0n) is 7.08. The summed E-state index contributed by atoms with van der Waals surface area (Å²) in [5.74, 6) is 0.738. The van der Waals surface area contributed by atoms with Crippen LogP contribution in [0.5, 0.6) is 0 Å². The van der Waals surface area contributed by atoms with Crippen molar-refractivity contribution in [1.29, 1.82) is 0 Å². The first-order valence-electron chi connectivity index (χ1n) is 3.96. The van der Waals surface area contributed by atoms with Crippen molar-refractivity contribution >= 4 is 34.7 Å². The first-order chi connectivity index (χ1) is 6.74. The number of benzene rings is 1. The van der Waals surface area contributed by atoms with Crippen LogP contribution in [-0.4, -0.2) is 9.36 Å². The van der Waals surface area contributed by atoms with Crippen molar-refractivity contribution in [1.82, 2.24) is 9.36 Å². The molecule has 2 rings (SSSR count). The number of halogens is 2. The molecule has 2 nitrogen and oxygen atoms in total. The molecule has 0 saturated heterocycles. The summed E-state index contributed by atoms with van der Waals surface area (Å²) in [6.07, 6.45) is 0.670. The van der Waals surface area contributed by atoms with Gasteiger partial charge in [0.15, 0.2) is 0 Å². The van der Waals surface area contributed by atoms with Crippen LogP contribution >= 0.6 is 34.7 Å². The normalized spacial score (nSPS) is 10.4. The largest absolute Gasteiger partial charge is 0.208 e. The van der Waals surface area contributed by atoms with Crippen LogP contribution in [0.1, 0.15) is 11.4 Å². The van der Waals surface area contributed by atoms with E-state index in [2.05, 4.69) is 9.36 Å². The molecule has 1 aromatic heterocycles. The van der Waals surface area contributed by atoms with Gasteiger partial charge in [-0.05, 0) is 40.8 Å². The monoisotopic (exact) mass is 244 g/mol. The Kier molecular flexibility index (Phi) is 3.01. The van der Waals surface area contributed by atoms with Crippen molar-refractivity contribution in [3.05, 3.63) is 45.1 Å². The van der Waals surface area contributed by atoms with Gasteiger partial charge in [-0.25, -0.2) is 4.98 Å². The van der Waals surface area contributed by atoms with E-state index in [-0.39, 0.29) is 0 Å². The van der Waals surface area contributed by atoms with Crippen molar-refractivity contribution < 1.29 is 0 Å². The number of hydrogen-bond acceptors (Lipinski definition) is 3. The van der Waals surface area contributed by atoms with Crippen LogP contribution in [0.3, 0.4) is 0 Å². The third kappa shape index (κ3) is 2.44. The molecule has 72 valence electrons. The lowest BCUT2D eigenvalue weighted by molar-refractivity contribution is 1.04. The van der Waals surface area contributed by atoms with Gasteiger partial charge in [-0.1, -0.05) is 23.7 Å². The van der Waals surface area contributed by atoms with Gasteiger partial charge in [-0.2, -0.15) is 4.37 Å². The molecule has 5 heteroatoms. The first-order valence-corrected chi connectivity index (χ1v) is 5.49. The van der Waals surface area contributed by atoms with Gasteiger partial charge >= 0.3 is 0 Å². The predicted molar refractivity (Wildman–Crippen MR) is 59.2 cm³/mol. The summed E-state index contributed by atoms with van der Waals surface area (Å²) >= 11 is 12.7. The maximum Gasteiger partial charge on any atom is 0.203 e. The fraction of sp³-hybridized carbons (Fsp3) is 0.111. The zero-order chi connectivity index (χ0) is 9.97.